The fourth-order valence-electron chi connectivity index (χ4n) is 4.09. The molecule has 2 heterocycles. The van der Waals surface area contributed by atoms with Crippen molar-refractivity contribution >= 4 is 29.9 Å². The topological polar surface area (TPSA) is 66.7 Å². The second-order valence-corrected chi connectivity index (χ2v) is 7.68. The third-order valence-electron chi connectivity index (χ3n) is 5.75. The van der Waals surface area contributed by atoms with E-state index in [1.807, 2.05) is 14.0 Å². The molecule has 168 valence electrons. The fourth-order valence-corrected chi connectivity index (χ4v) is 4.09. The molecule has 0 amide bonds. The molecule has 0 radical (unpaired) electrons. The number of hydrogen-bond donors (Lipinski definition) is 2. The van der Waals surface area contributed by atoms with Crippen molar-refractivity contribution in [2.75, 3.05) is 46.4 Å². The predicted octanol–water partition coefficient (Wildman–Crippen LogP) is 2.81. The van der Waals surface area contributed by atoms with Crippen LogP contribution in [0.3, 0.4) is 0 Å². The number of aryl methyl sites for hydroxylation is 3. The van der Waals surface area contributed by atoms with Crippen molar-refractivity contribution in [3.63, 3.8) is 0 Å². The fraction of sp³-hybridized carbons (Fsp3) is 0.810. The van der Waals surface area contributed by atoms with E-state index in [1.54, 1.807) is 0 Å². The minimum Gasteiger partial charge on any atom is -0.379 e. The number of hydrogen-bond acceptors (Lipinski definition) is 4. The van der Waals surface area contributed by atoms with Gasteiger partial charge in [0, 0.05) is 51.5 Å². The van der Waals surface area contributed by atoms with Gasteiger partial charge < -0.3 is 15.4 Å². The van der Waals surface area contributed by atoms with E-state index in [4.69, 9.17) is 4.74 Å². The minimum absolute atomic E-state index is 0. The van der Waals surface area contributed by atoms with Crippen LogP contribution < -0.4 is 10.6 Å². The number of nitrogens with one attached hydrogen (secondary N) is 2. The smallest absolute Gasteiger partial charge is 0.191 e. The molecule has 0 aromatic carbocycles. The van der Waals surface area contributed by atoms with Crippen molar-refractivity contribution in [1.29, 1.82) is 0 Å². The summed E-state index contributed by atoms with van der Waals surface area (Å²) in [5, 5.41) is 11.5. The molecule has 1 fully saturated rings. The third kappa shape index (κ3) is 8.41. The average Bonchev–Trinajstić information content (AvgIpc) is 3.04. The Bertz CT molecular complexity index is 596. The van der Waals surface area contributed by atoms with E-state index < -0.39 is 0 Å². The largest absolute Gasteiger partial charge is 0.379 e. The van der Waals surface area contributed by atoms with Crippen LogP contribution in [0.4, 0.5) is 0 Å². The zero-order valence-corrected chi connectivity index (χ0v) is 21.2. The van der Waals surface area contributed by atoms with Crippen LogP contribution in [-0.2, 0) is 11.3 Å². The summed E-state index contributed by atoms with van der Waals surface area (Å²) < 4.78 is 7.63. The lowest BCUT2D eigenvalue weighted by Crippen LogP contribution is -2.53. The first-order valence-corrected chi connectivity index (χ1v) is 10.9. The van der Waals surface area contributed by atoms with Crippen LogP contribution in [-0.4, -0.2) is 73.1 Å². The standard InChI is InChI=1S/C21H40N6O.HI/c1-6-19(7-2)20(26-11-13-28-14-12-26)16-24-21(22-5)23-9-8-10-27-18(4)15-17(3)25-27;/h15,19-20H,6-14,16H2,1-5H3,(H2,22,23,24);1H. The molecular weight excluding hydrogens is 479 g/mol. The molecule has 29 heavy (non-hydrogen) atoms. The molecule has 2 N–H and O–H groups in total. The minimum atomic E-state index is 0. The molecule has 1 aromatic rings. The second-order valence-electron chi connectivity index (χ2n) is 7.68. The lowest BCUT2D eigenvalue weighted by molar-refractivity contribution is 0.00272. The lowest BCUT2D eigenvalue weighted by atomic mass is 9.92. The van der Waals surface area contributed by atoms with Crippen LogP contribution in [0.5, 0.6) is 0 Å². The van der Waals surface area contributed by atoms with Gasteiger partial charge in [0.1, 0.15) is 0 Å². The van der Waals surface area contributed by atoms with Crippen molar-refractivity contribution in [3.8, 4) is 0 Å². The third-order valence-corrected chi connectivity index (χ3v) is 5.75. The molecule has 1 aromatic heterocycles. The van der Waals surface area contributed by atoms with Crippen molar-refractivity contribution in [2.45, 2.75) is 59.5 Å². The van der Waals surface area contributed by atoms with Crippen LogP contribution in [0, 0.1) is 19.8 Å². The van der Waals surface area contributed by atoms with E-state index in [9.17, 15) is 0 Å². The van der Waals surface area contributed by atoms with E-state index in [1.165, 1.54) is 18.5 Å². The van der Waals surface area contributed by atoms with E-state index in [0.717, 1.165) is 64.0 Å². The summed E-state index contributed by atoms with van der Waals surface area (Å²) in [6.45, 7) is 15.2. The van der Waals surface area contributed by atoms with Gasteiger partial charge in [0.15, 0.2) is 5.96 Å². The Hall–Kier alpha value is -0.870. The maximum atomic E-state index is 5.55. The molecule has 1 unspecified atom stereocenters. The molecule has 1 atom stereocenters. The highest BCUT2D eigenvalue weighted by Gasteiger charge is 2.26. The summed E-state index contributed by atoms with van der Waals surface area (Å²) in [6.07, 6.45) is 3.42. The molecule has 0 bridgehead atoms. The van der Waals surface area contributed by atoms with Gasteiger partial charge in [0.05, 0.1) is 18.9 Å². The molecule has 1 aliphatic rings. The van der Waals surface area contributed by atoms with Gasteiger partial charge >= 0.3 is 0 Å². The first-order valence-electron chi connectivity index (χ1n) is 10.9. The second kappa shape index (κ2) is 14.2. The molecule has 1 saturated heterocycles. The van der Waals surface area contributed by atoms with Crippen molar-refractivity contribution in [3.05, 3.63) is 17.5 Å². The first kappa shape index (κ1) is 26.2. The van der Waals surface area contributed by atoms with Gasteiger partial charge in [-0.2, -0.15) is 5.10 Å². The predicted molar refractivity (Wildman–Crippen MR) is 131 cm³/mol. The molecule has 1 aliphatic heterocycles. The Morgan fingerprint density at radius 1 is 1.21 bits per heavy atom. The van der Waals surface area contributed by atoms with Crippen molar-refractivity contribution in [2.24, 2.45) is 10.9 Å². The summed E-state index contributed by atoms with van der Waals surface area (Å²) in [5.41, 5.74) is 2.30. The molecule has 0 aliphatic carbocycles. The highest BCUT2D eigenvalue weighted by molar-refractivity contribution is 14.0. The number of ether oxygens (including phenoxy) is 1. The van der Waals surface area contributed by atoms with Gasteiger partial charge in [-0.1, -0.05) is 26.7 Å². The maximum absolute atomic E-state index is 5.55. The van der Waals surface area contributed by atoms with E-state index >= 15 is 0 Å². The molecular formula is C21H41IN6O. The van der Waals surface area contributed by atoms with Crippen LogP contribution in [0.25, 0.3) is 0 Å². The molecule has 7 nitrogen and oxygen atoms in total. The van der Waals surface area contributed by atoms with Gasteiger partial charge in [0.25, 0.3) is 0 Å². The van der Waals surface area contributed by atoms with Crippen LogP contribution in [0.2, 0.25) is 0 Å². The average molecular weight is 521 g/mol. The normalized spacial score (nSPS) is 16.6. The quantitative estimate of drug-likeness (QED) is 0.215. The van der Waals surface area contributed by atoms with Crippen LogP contribution in [0.15, 0.2) is 11.1 Å². The van der Waals surface area contributed by atoms with Gasteiger partial charge in [-0.25, -0.2) is 0 Å². The molecule has 0 saturated carbocycles. The zero-order chi connectivity index (χ0) is 20.4. The number of guanidine groups is 1. The van der Waals surface area contributed by atoms with E-state index in [0.29, 0.717) is 12.0 Å². The van der Waals surface area contributed by atoms with Crippen molar-refractivity contribution in [1.82, 2.24) is 25.3 Å². The highest BCUT2D eigenvalue weighted by Crippen LogP contribution is 2.19. The summed E-state index contributed by atoms with van der Waals surface area (Å²) in [7, 11) is 1.84. The highest BCUT2D eigenvalue weighted by atomic mass is 127. The van der Waals surface area contributed by atoms with Crippen LogP contribution >= 0.6 is 24.0 Å². The Balaban J connectivity index is 0.00000420. The summed E-state index contributed by atoms with van der Waals surface area (Å²) in [5.74, 6) is 1.58. The van der Waals surface area contributed by atoms with E-state index in [-0.39, 0.29) is 24.0 Å². The number of morpholine rings is 1. The monoisotopic (exact) mass is 520 g/mol. The van der Waals surface area contributed by atoms with Crippen LogP contribution in [0.1, 0.15) is 44.5 Å². The van der Waals surface area contributed by atoms with Crippen molar-refractivity contribution < 1.29 is 4.74 Å². The van der Waals surface area contributed by atoms with E-state index in [2.05, 4.69) is 57.1 Å². The Morgan fingerprint density at radius 2 is 1.90 bits per heavy atom. The Kier molecular flexibility index (Phi) is 12.8. The molecule has 2 rings (SSSR count). The van der Waals surface area contributed by atoms with Gasteiger partial charge in [0.2, 0.25) is 0 Å². The SMILES string of the molecule is CCC(CC)C(CNC(=NC)NCCCn1nc(C)cc1C)N1CCOCC1.I. The Morgan fingerprint density at radius 3 is 2.45 bits per heavy atom. The summed E-state index contributed by atoms with van der Waals surface area (Å²) >= 11 is 0. The van der Waals surface area contributed by atoms with Gasteiger partial charge in [-0.15, -0.1) is 24.0 Å². The zero-order valence-electron chi connectivity index (χ0n) is 18.9. The number of nitrogens with zero attached hydrogens (tertiary/aromatic N) is 4. The lowest BCUT2D eigenvalue weighted by Gasteiger charge is -2.39. The first-order chi connectivity index (χ1) is 13.6. The summed E-state index contributed by atoms with van der Waals surface area (Å²) in [4.78, 5) is 7.00. The van der Waals surface area contributed by atoms with Gasteiger partial charge in [-0.05, 0) is 32.3 Å². The number of rotatable bonds is 10. The molecule has 8 heteroatoms. The molecule has 0 spiro atoms. The Labute approximate surface area is 194 Å². The number of halogens is 1. The number of aromatic nitrogens is 2. The summed E-state index contributed by atoms with van der Waals surface area (Å²) in [6, 6.07) is 2.64. The number of aliphatic imine (C=N–C) groups is 1. The maximum Gasteiger partial charge on any atom is 0.191 e. The van der Waals surface area contributed by atoms with Gasteiger partial charge in [-0.3, -0.25) is 14.6 Å².